The van der Waals surface area contributed by atoms with Gasteiger partial charge in [0, 0.05) is 62.2 Å². The number of morpholine rings is 1. The highest BCUT2D eigenvalue weighted by Crippen LogP contribution is 2.29. The van der Waals surface area contributed by atoms with Gasteiger partial charge < -0.3 is 30.3 Å². The molecule has 3 heterocycles. The number of nitrogen functional groups attached to an aromatic ring is 1. The van der Waals surface area contributed by atoms with E-state index in [4.69, 9.17) is 15.2 Å². The number of nitrogens with zero attached hydrogens (tertiary/aromatic N) is 4. The van der Waals surface area contributed by atoms with Crippen LogP contribution in [0.5, 0.6) is 5.75 Å². The van der Waals surface area contributed by atoms with Gasteiger partial charge in [-0.3, -0.25) is 4.79 Å². The molecule has 2 aliphatic heterocycles. The Kier molecular flexibility index (Phi) is 7.18. The largest absolute Gasteiger partial charge is 0.491 e. The molecule has 0 spiro atoms. The van der Waals surface area contributed by atoms with E-state index in [0.717, 1.165) is 62.8 Å². The minimum absolute atomic E-state index is 0.116. The van der Waals surface area contributed by atoms with Crippen LogP contribution in [0.1, 0.15) is 13.3 Å². The molecule has 2 aromatic carbocycles. The zero-order valence-corrected chi connectivity index (χ0v) is 20.5. The predicted molar refractivity (Wildman–Crippen MR) is 140 cm³/mol. The van der Waals surface area contributed by atoms with Crippen LogP contribution < -0.4 is 20.7 Å². The maximum absolute atomic E-state index is 11.5. The Morgan fingerprint density at radius 2 is 1.94 bits per heavy atom. The molecule has 9 heteroatoms. The van der Waals surface area contributed by atoms with Crippen molar-refractivity contribution in [1.82, 2.24) is 14.9 Å². The Bertz CT molecular complexity index is 1200. The molecule has 3 aromatic rings. The number of benzene rings is 2. The number of amides is 1. The number of ether oxygens (including phenoxy) is 2. The van der Waals surface area contributed by atoms with Gasteiger partial charge in [-0.15, -0.1) is 0 Å². The zero-order valence-electron chi connectivity index (χ0n) is 20.5. The highest BCUT2D eigenvalue weighted by molar-refractivity contribution is 5.73. The summed E-state index contributed by atoms with van der Waals surface area (Å²) in [5.74, 6) is 1.60. The van der Waals surface area contributed by atoms with E-state index in [-0.39, 0.29) is 5.91 Å². The van der Waals surface area contributed by atoms with Crippen molar-refractivity contribution in [3.05, 3.63) is 54.7 Å². The third-order valence-corrected chi connectivity index (χ3v) is 6.67. The van der Waals surface area contributed by atoms with Crippen LogP contribution in [0, 0.1) is 5.92 Å². The van der Waals surface area contributed by atoms with Gasteiger partial charge in [-0.1, -0.05) is 0 Å². The molecule has 1 amide bonds. The molecular weight excluding hydrogens is 456 g/mol. The molecule has 188 valence electrons. The molecule has 9 nitrogen and oxygen atoms in total. The summed E-state index contributed by atoms with van der Waals surface area (Å²) in [6.45, 7) is 7.01. The number of hydrogen-bond donors (Lipinski definition) is 2. The van der Waals surface area contributed by atoms with Crippen LogP contribution in [-0.4, -0.2) is 66.8 Å². The summed E-state index contributed by atoms with van der Waals surface area (Å²) in [5.41, 5.74) is 10.6. The van der Waals surface area contributed by atoms with Crippen LogP contribution in [0.25, 0.3) is 11.3 Å². The fourth-order valence-corrected chi connectivity index (χ4v) is 4.59. The van der Waals surface area contributed by atoms with Crippen LogP contribution >= 0.6 is 0 Å². The van der Waals surface area contributed by atoms with Crippen molar-refractivity contribution in [1.29, 1.82) is 0 Å². The summed E-state index contributed by atoms with van der Waals surface area (Å²) >= 11 is 0. The van der Waals surface area contributed by atoms with Gasteiger partial charge in [0.2, 0.25) is 11.9 Å². The Labute approximate surface area is 211 Å². The van der Waals surface area contributed by atoms with E-state index in [0.29, 0.717) is 29.9 Å². The first kappa shape index (κ1) is 23.9. The number of rotatable bonds is 7. The molecule has 1 atom stereocenters. The molecule has 2 fully saturated rings. The van der Waals surface area contributed by atoms with E-state index < -0.39 is 0 Å². The third kappa shape index (κ3) is 5.68. The molecule has 2 aliphatic rings. The van der Waals surface area contributed by atoms with Crippen molar-refractivity contribution in [2.24, 2.45) is 5.92 Å². The number of anilines is 4. The average molecular weight is 489 g/mol. The Balaban J connectivity index is 1.21. The van der Waals surface area contributed by atoms with E-state index in [1.807, 2.05) is 41.3 Å². The minimum atomic E-state index is 0.116. The standard InChI is InChI=1S/C27H32N6O3/c1-19(34)33-11-9-20(17-33)18-36-26-7-2-21(16-24(26)28)25-8-10-29-27(31-25)30-22-3-5-23(6-4-22)32-12-14-35-15-13-32/h2-8,10,16,20H,9,11-15,17-18,28H2,1H3,(H,29,30,31). The van der Waals surface area contributed by atoms with Gasteiger partial charge in [-0.05, 0) is 55.0 Å². The lowest BCUT2D eigenvalue weighted by Crippen LogP contribution is -2.36. The van der Waals surface area contributed by atoms with Crippen molar-refractivity contribution in [3.8, 4) is 17.0 Å². The van der Waals surface area contributed by atoms with Gasteiger partial charge in [0.25, 0.3) is 0 Å². The highest BCUT2D eigenvalue weighted by Gasteiger charge is 2.24. The van der Waals surface area contributed by atoms with E-state index in [1.165, 1.54) is 5.69 Å². The third-order valence-electron chi connectivity index (χ3n) is 6.67. The summed E-state index contributed by atoms with van der Waals surface area (Å²) in [6, 6.07) is 15.8. The smallest absolute Gasteiger partial charge is 0.227 e. The molecule has 5 rings (SSSR count). The summed E-state index contributed by atoms with van der Waals surface area (Å²) < 4.78 is 11.4. The average Bonchev–Trinajstić information content (AvgIpc) is 3.39. The van der Waals surface area contributed by atoms with Crippen molar-refractivity contribution in [2.75, 3.05) is 62.0 Å². The first-order valence-corrected chi connectivity index (χ1v) is 12.4. The molecular formula is C27H32N6O3. The number of carbonyl (C=O) groups is 1. The number of nitrogens with one attached hydrogen (secondary N) is 1. The minimum Gasteiger partial charge on any atom is -0.491 e. The molecule has 3 N–H and O–H groups in total. The predicted octanol–water partition coefficient (Wildman–Crippen LogP) is 3.55. The first-order chi connectivity index (χ1) is 17.5. The van der Waals surface area contributed by atoms with Crippen molar-refractivity contribution >= 4 is 28.9 Å². The van der Waals surface area contributed by atoms with Gasteiger partial charge in [0.05, 0.1) is 31.2 Å². The number of aromatic nitrogens is 2. The van der Waals surface area contributed by atoms with Crippen LogP contribution in [0.4, 0.5) is 23.0 Å². The SMILES string of the molecule is CC(=O)N1CCC(COc2ccc(-c3ccnc(Nc4ccc(N5CCOCC5)cc4)n3)cc2N)C1. The quantitative estimate of drug-likeness (QED) is 0.487. The van der Waals surface area contributed by atoms with E-state index >= 15 is 0 Å². The van der Waals surface area contributed by atoms with E-state index in [2.05, 4.69) is 32.3 Å². The number of hydrogen-bond acceptors (Lipinski definition) is 8. The van der Waals surface area contributed by atoms with Gasteiger partial charge in [-0.25, -0.2) is 9.97 Å². The van der Waals surface area contributed by atoms with Crippen LogP contribution in [0.2, 0.25) is 0 Å². The Morgan fingerprint density at radius 1 is 1.14 bits per heavy atom. The fourth-order valence-electron chi connectivity index (χ4n) is 4.59. The topological polar surface area (TPSA) is 106 Å². The van der Waals surface area contributed by atoms with Crippen molar-refractivity contribution < 1.29 is 14.3 Å². The maximum Gasteiger partial charge on any atom is 0.227 e. The second kappa shape index (κ2) is 10.8. The number of carbonyl (C=O) groups excluding carboxylic acids is 1. The highest BCUT2D eigenvalue weighted by atomic mass is 16.5. The maximum atomic E-state index is 11.5. The number of nitrogens with two attached hydrogens (primary N) is 1. The first-order valence-electron chi connectivity index (χ1n) is 12.4. The van der Waals surface area contributed by atoms with E-state index in [9.17, 15) is 4.79 Å². The van der Waals surface area contributed by atoms with Gasteiger partial charge >= 0.3 is 0 Å². The molecule has 0 bridgehead atoms. The van der Waals surface area contributed by atoms with Crippen molar-refractivity contribution in [3.63, 3.8) is 0 Å². The van der Waals surface area contributed by atoms with Crippen LogP contribution in [0.15, 0.2) is 54.7 Å². The Hall–Kier alpha value is -3.85. The lowest BCUT2D eigenvalue weighted by Gasteiger charge is -2.28. The summed E-state index contributed by atoms with van der Waals surface area (Å²) in [7, 11) is 0. The molecule has 0 radical (unpaired) electrons. The van der Waals surface area contributed by atoms with Gasteiger partial charge in [0.1, 0.15) is 5.75 Å². The van der Waals surface area contributed by atoms with Crippen LogP contribution in [-0.2, 0) is 9.53 Å². The fraction of sp³-hybridized carbons (Fsp3) is 0.370. The Morgan fingerprint density at radius 3 is 2.67 bits per heavy atom. The van der Waals surface area contributed by atoms with Gasteiger partial charge in [-0.2, -0.15) is 0 Å². The van der Waals surface area contributed by atoms with Crippen LogP contribution in [0.3, 0.4) is 0 Å². The lowest BCUT2D eigenvalue weighted by molar-refractivity contribution is -0.127. The lowest BCUT2D eigenvalue weighted by atomic mass is 10.1. The second-order valence-corrected chi connectivity index (χ2v) is 9.22. The summed E-state index contributed by atoms with van der Waals surface area (Å²) in [6.07, 6.45) is 2.68. The molecule has 1 aromatic heterocycles. The number of likely N-dealkylation sites (tertiary alicyclic amines) is 1. The molecule has 1 unspecified atom stereocenters. The van der Waals surface area contributed by atoms with Crippen molar-refractivity contribution in [2.45, 2.75) is 13.3 Å². The molecule has 2 saturated heterocycles. The van der Waals surface area contributed by atoms with E-state index in [1.54, 1.807) is 13.1 Å². The summed E-state index contributed by atoms with van der Waals surface area (Å²) in [4.78, 5) is 24.8. The molecule has 36 heavy (non-hydrogen) atoms. The molecule has 0 aliphatic carbocycles. The van der Waals surface area contributed by atoms with Gasteiger partial charge in [0.15, 0.2) is 0 Å². The second-order valence-electron chi connectivity index (χ2n) is 9.22. The normalized spacial score (nSPS) is 17.8. The monoisotopic (exact) mass is 488 g/mol. The zero-order chi connectivity index (χ0) is 24.9. The molecule has 0 saturated carbocycles. The summed E-state index contributed by atoms with van der Waals surface area (Å²) in [5, 5.41) is 3.28.